The van der Waals surface area contributed by atoms with E-state index in [2.05, 4.69) is 42.5 Å². The van der Waals surface area contributed by atoms with Crippen LogP contribution in [0.25, 0.3) is 5.57 Å². The maximum Gasteiger partial charge on any atom is 0.118 e. The highest BCUT2D eigenvalue weighted by atomic mass is 16.5. The molecule has 0 aliphatic heterocycles. The van der Waals surface area contributed by atoms with Gasteiger partial charge in [-0.3, -0.25) is 0 Å². The molecule has 1 aliphatic rings. The van der Waals surface area contributed by atoms with E-state index in [1.165, 1.54) is 22.3 Å². The summed E-state index contributed by atoms with van der Waals surface area (Å²) >= 11 is 0. The predicted molar refractivity (Wildman–Crippen MR) is 95.1 cm³/mol. The van der Waals surface area contributed by atoms with Crippen LogP contribution in [0.3, 0.4) is 0 Å². The van der Waals surface area contributed by atoms with Gasteiger partial charge in [0, 0.05) is 6.42 Å². The third-order valence-electron chi connectivity index (χ3n) is 4.13. The van der Waals surface area contributed by atoms with Crippen LogP contribution in [0.1, 0.15) is 23.1 Å². The van der Waals surface area contributed by atoms with E-state index in [9.17, 15) is 0 Å². The average Bonchev–Trinajstić information content (AvgIpc) is 2.56. The molecule has 23 heavy (non-hydrogen) atoms. The SMILES string of the molecule is COc1ccc(Cc2ccccc2C2=CCC(N)(N)C=C2)cc1. The molecule has 3 rings (SSSR count). The Labute approximate surface area is 137 Å². The first-order valence-electron chi connectivity index (χ1n) is 7.76. The van der Waals surface area contributed by atoms with Crippen LogP contribution >= 0.6 is 0 Å². The van der Waals surface area contributed by atoms with Crippen molar-refractivity contribution in [3.05, 3.63) is 83.4 Å². The molecule has 0 atom stereocenters. The second kappa shape index (κ2) is 6.41. The van der Waals surface area contributed by atoms with Crippen LogP contribution in [-0.4, -0.2) is 12.8 Å². The van der Waals surface area contributed by atoms with Gasteiger partial charge in [0.25, 0.3) is 0 Å². The van der Waals surface area contributed by atoms with Crippen LogP contribution in [0.2, 0.25) is 0 Å². The van der Waals surface area contributed by atoms with Gasteiger partial charge >= 0.3 is 0 Å². The molecule has 0 aromatic heterocycles. The fourth-order valence-corrected chi connectivity index (χ4v) is 2.79. The minimum absolute atomic E-state index is 0.649. The Balaban J connectivity index is 1.86. The van der Waals surface area contributed by atoms with E-state index in [1.54, 1.807) is 7.11 Å². The minimum Gasteiger partial charge on any atom is -0.497 e. The van der Waals surface area contributed by atoms with Gasteiger partial charge in [0.05, 0.1) is 12.8 Å². The largest absolute Gasteiger partial charge is 0.497 e. The number of rotatable bonds is 4. The first-order valence-corrected chi connectivity index (χ1v) is 7.76. The van der Waals surface area contributed by atoms with Crippen LogP contribution in [0.4, 0.5) is 0 Å². The lowest BCUT2D eigenvalue weighted by Crippen LogP contribution is -2.47. The number of nitrogens with two attached hydrogens (primary N) is 2. The molecule has 0 radical (unpaired) electrons. The summed E-state index contributed by atoms with van der Waals surface area (Å²) in [6, 6.07) is 16.6. The molecular weight excluding hydrogens is 284 g/mol. The van der Waals surface area contributed by atoms with Gasteiger partial charge < -0.3 is 16.2 Å². The fourth-order valence-electron chi connectivity index (χ4n) is 2.79. The van der Waals surface area contributed by atoms with Gasteiger partial charge in [-0.05, 0) is 46.9 Å². The second-order valence-electron chi connectivity index (χ2n) is 5.99. The van der Waals surface area contributed by atoms with E-state index in [0.717, 1.165) is 12.2 Å². The maximum atomic E-state index is 5.94. The summed E-state index contributed by atoms with van der Waals surface area (Å²) in [5.41, 5.74) is 16.1. The summed E-state index contributed by atoms with van der Waals surface area (Å²) in [6.45, 7) is 0. The summed E-state index contributed by atoms with van der Waals surface area (Å²) in [5, 5.41) is 0. The van der Waals surface area contributed by atoms with E-state index in [0.29, 0.717) is 6.42 Å². The molecule has 0 amide bonds. The Morgan fingerprint density at radius 3 is 2.43 bits per heavy atom. The molecule has 3 heteroatoms. The Kier molecular flexibility index (Phi) is 4.33. The number of benzene rings is 2. The molecule has 4 N–H and O–H groups in total. The van der Waals surface area contributed by atoms with E-state index >= 15 is 0 Å². The molecule has 118 valence electrons. The zero-order valence-corrected chi connectivity index (χ0v) is 13.3. The second-order valence-corrected chi connectivity index (χ2v) is 5.99. The maximum absolute atomic E-state index is 5.94. The van der Waals surface area contributed by atoms with Gasteiger partial charge in [0.15, 0.2) is 0 Å². The van der Waals surface area contributed by atoms with Gasteiger partial charge in [0.2, 0.25) is 0 Å². The zero-order chi connectivity index (χ0) is 16.3. The van der Waals surface area contributed by atoms with Gasteiger partial charge in [-0.15, -0.1) is 0 Å². The first-order chi connectivity index (χ1) is 11.1. The third-order valence-corrected chi connectivity index (χ3v) is 4.13. The number of ether oxygens (including phenoxy) is 1. The standard InChI is InChI=1S/C20H22N2O/c1-23-18-8-6-15(7-9-18)14-17-4-2-3-5-19(17)16-10-12-20(21,22)13-11-16/h2-12H,13-14,21-22H2,1H3. The monoisotopic (exact) mass is 306 g/mol. The van der Waals surface area contributed by atoms with Crippen molar-refractivity contribution in [2.45, 2.75) is 18.5 Å². The summed E-state index contributed by atoms with van der Waals surface area (Å²) < 4.78 is 5.22. The molecule has 2 aromatic rings. The summed E-state index contributed by atoms with van der Waals surface area (Å²) in [4.78, 5) is 0. The smallest absolute Gasteiger partial charge is 0.118 e. The van der Waals surface area contributed by atoms with E-state index in [4.69, 9.17) is 16.2 Å². The molecule has 3 nitrogen and oxygen atoms in total. The number of methoxy groups -OCH3 is 1. The molecule has 0 saturated heterocycles. The molecule has 2 aromatic carbocycles. The Bertz CT molecular complexity index is 742. The van der Waals surface area contributed by atoms with Crippen molar-refractivity contribution in [2.75, 3.05) is 7.11 Å². The zero-order valence-electron chi connectivity index (χ0n) is 13.3. The topological polar surface area (TPSA) is 61.3 Å². The van der Waals surface area contributed by atoms with Crippen molar-refractivity contribution < 1.29 is 4.74 Å². The summed E-state index contributed by atoms with van der Waals surface area (Å²) in [7, 11) is 1.68. The van der Waals surface area contributed by atoms with Crippen molar-refractivity contribution in [1.29, 1.82) is 0 Å². The highest BCUT2D eigenvalue weighted by Gasteiger charge is 2.18. The number of hydrogen-bond donors (Lipinski definition) is 2. The van der Waals surface area contributed by atoms with Gasteiger partial charge in [-0.2, -0.15) is 0 Å². The van der Waals surface area contributed by atoms with Crippen molar-refractivity contribution in [2.24, 2.45) is 11.5 Å². The molecule has 0 unspecified atom stereocenters. The normalized spacial score (nSPS) is 16.0. The lowest BCUT2D eigenvalue weighted by Gasteiger charge is -2.23. The van der Waals surface area contributed by atoms with Crippen molar-refractivity contribution in [1.82, 2.24) is 0 Å². The molecule has 0 fully saturated rings. The van der Waals surface area contributed by atoms with Crippen LogP contribution < -0.4 is 16.2 Å². The van der Waals surface area contributed by atoms with Crippen LogP contribution in [0.5, 0.6) is 5.75 Å². The van der Waals surface area contributed by atoms with E-state index < -0.39 is 5.66 Å². The van der Waals surface area contributed by atoms with Crippen molar-refractivity contribution in [3.8, 4) is 5.75 Å². The van der Waals surface area contributed by atoms with Crippen LogP contribution in [-0.2, 0) is 6.42 Å². The highest BCUT2D eigenvalue weighted by Crippen LogP contribution is 2.27. The first kappa shape index (κ1) is 15.5. The molecule has 0 bridgehead atoms. The lowest BCUT2D eigenvalue weighted by molar-refractivity contribution is 0.414. The van der Waals surface area contributed by atoms with Crippen LogP contribution in [0.15, 0.2) is 66.8 Å². The predicted octanol–water partition coefficient (Wildman–Crippen LogP) is 3.24. The van der Waals surface area contributed by atoms with Crippen molar-refractivity contribution in [3.63, 3.8) is 0 Å². The molecule has 0 saturated carbocycles. The Morgan fingerprint density at radius 1 is 1.04 bits per heavy atom. The lowest BCUT2D eigenvalue weighted by atomic mass is 9.89. The Morgan fingerprint density at radius 2 is 1.78 bits per heavy atom. The molecule has 0 spiro atoms. The molecular formula is C20H22N2O. The quantitative estimate of drug-likeness (QED) is 0.852. The summed E-state index contributed by atoms with van der Waals surface area (Å²) in [6.07, 6.45) is 7.55. The van der Waals surface area contributed by atoms with Crippen molar-refractivity contribution >= 4 is 5.57 Å². The van der Waals surface area contributed by atoms with E-state index in [-0.39, 0.29) is 0 Å². The average molecular weight is 306 g/mol. The molecule has 1 aliphatic carbocycles. The van der Waals surface area contributed by atoms with Gasteiger partial charge in [-0.1, -0.05) is 48.6 Å². The van der Waals surface area contributed by atoms with E-state index in [1.807, 2.05) is 24.3 Å². The highest BCUT2D eigenvalue weighted by molar-refractivity contribution is 5.77. The van der Waals surface area contributed by atoms with Crippen LogP contribution in [0, 0.1) is 0 Å². The molecule has 0 heterocycles. The summed E-state index contributed by atoms with van der Waals surface area (Å²) in [5.74, 6) is 0.877. The number of allylic oxidation sites excluding steroid dienone is 2. The fraction of sp³-hybridized carbons (Fsp3) is 0.200. The third kappa shape index (κ3) is 3.70. The van der Waals surface area contributed by atoms with Gasteiger partial charge in [0.1, 0.15) is 5.75 Å². The minimum atomic E-state index is -0.728. The van der Waals surface area contributed by atoms with Gasteiger partial charge in [-0.25, -0.2) is 0 Å². The Hall–Kier alpha value is -2.36. The number of hydrogen-bond acceptors (Lipinski definition) is 3.